The van der Waals surface area contributed by atoms with Gasteiger partial charge in [-0.15, -0.1) is 0 Å². The molecule has 0 radical (unpaired) electrons. The van der Waals surface area contributed by atoms with E-state index in [-0.39, 0.29) is 43.6 Å². The Hall–Kier alpha value is -2.71. The van der Waals surface area contributed by atoms with Gasteiger partial charge in [0.1, 0.15) is 0 Å². The quantitative estimate of drug-likeness (QED) is 0.680. The van der Waals surface area contributed by atoms with Crippen LogP contribution >= 0.6 is 0 Å². The molecule has 2 aromatic carbocycles. The number of piperazine rings is 1. The molecule has 160 valence electrons. The molecular formula is C22H26N2O5S. The highest BCUT2D eigenvalue weighted by molar-refractivity contribution is 7.89. The molecule has 0 aromatic heterocycles. The number of carbonyl (C=O) groups is 2. The highest BCUT2D eigenvalue weighted by Crippen LogP contribution is 2.18. The molecule has 1 amide bonds. The van der Waals surface area contributed by atoms with Gasteiger partial charge in [-0.05, 0) is 44.5 Å². The third-order valence-electron chi connectivity index (χ3n) is 5.19. The number of esters is 1. The monoisotopic (exact) mass is 430 g/mol. The lowest BCUT2D eigenvalue weighted by Gasteiger charge is -2.33. The van der Waals surface area contributed by atoms with E-state index < -0.39 is 16.0 Å². The van der Waals surface area contributed by atoms with Gasteiger partial charge in [-0.2, -0.15) is 4.31 Å². The zero-order valence-corrected chi connectivity index (χ0v) is 18.2. The molecule has 1 aliphatic rings. The number of carbonyl (C=O) groups excluding carboxylic acids is 2. The second-order valence-corrected chi connectivity index (χ2v) is 9.43. The summed E-state index contributed by atoms with van der Waals surface area (Å²) in [5.41, 5.74) is 3.15. The second kappa shape index (κ2) is 8.97. The van der Waals surface area contributed by atoms with Crippen LogP contribution in [-0.2, 0) is 19.6 Å². The van der Waals surface area contributed by atoms with Crippen LogP contribution in [0.2, 0.25) is 0 Å². The Bertz CT molecular complexity index is 1040. The van der Waals surface area contributed by atoms with Gasteiger partial charge < -0.3 is 9.64 Å². The molecule has 0 unspecified atom stereocenters. The van der Waals surface area contributed by atoms with Crippen molar-refractivity contribution in [2.75, 3.05) is 32.8 Å². The lowest BCUT2D eigenvalue weighted by molar-refractivity contribution is -0.135. The van der Waals surface area contributed by atoms with Crippen molar-refractivity contribution < 1.29 is 22.7 Å². The molecule has 0 atom stereocenters. The molecule has 8 heteroatoms. The molecule has 1 aliphatic heterocycles. The van der Waals surface area contributed by atoms with Gasteiger partial charge in [-0.1, -0.05) is 35.4 Å². The number of hydrogen-bond acceptors (Lipinski definition) is 5. The van der Waals surface area contributed by atoms with Gasteiger partial charge in [0.25, 0.3) is 5.91 Å². The van der Waals surface area contributed by atoms with E-state index in [1.165, 1.54) is 9.21 Å². The molecule has 3 rings (SSSR count). The fraction of sp³-hybridized carbons (Fsp3) is 0.364. The molecule has 30 heavy (non-hydrogen) atoms. The van der Waals surface area contributed by atoms with Crippen molar-refractivity contribution in [2.24, 2.45) is 0 Å². The molecule has 0 saturated carbocycles. The average Bonchev–Trinajstić information content (AvgIpc) is 2.74. The summed E-state index contributed by atoms with van der Waals surface area (Å²) in [7, 11) is -3.59. The van der Waals surface area contributed by atoms with Gasteiger partial charge >= 0.3 is 5.97 Å². The number of nitrogens with zero attached hydrogens (tertiary/aromatic N) is 2. The van der Waals surface area contributed by atoms with Gasteiger partial charge in [0.15, 0.2) is 6.61 Å². The summed E-state index contributed by atoms with van der Waals surface area (Å²) in [6, 6.07) is 12.2. The summed E-state index contributed by atoms with van der Waals surface area (Å²) >= 11 is 0. The highest BCUT2D eigenvalue weighted by Gasteiger charge is 2.30. The molecule has 0 N–H and O–H groups in total. The number of amides is 1. The zero-order valence-electron chi connectivity index (χ0n) is 17.4. The molecular weight excluding hydrogens is 404 g/mol. The van der Waals surface area contributed by atoms with Gasteiger partial charge in [0.2, 0.25) is 10.0 Å². The van der Waals surface area contributed by atoms with Crippen LogP contribution in [-0.4, -0.2) is 62.3 Å². The number of ether oxygens (including phenoxy) is 1. The molecule has 7 nitrogen and oxygen atoms in total. The Labute approximate surface area is 177 Å². The van der Waals surface area contributed by atoms with Crippen molar-refractivity contribution in [1.82, 2.24) is 9.21 Å². The number of sulfonamides is 1. The molecule has 0 aliphatic carbocycles. The highest BCUT2D eigenvalue weighted by atomic mass is 32.2. The number of hydrogen-bond donors (Lipinski definition) is 0. The Kier molecular flexibility index (Phi) is 6.58. The van der Waals surface area contributed by atoms with Crippen molar-refractivity contribution in [3.8, 4) is 0 Å². The fourth-order valence-corrected chi connectivity index (χ4v) is 4.71. The summed E-state index contributed by atoms with van der Waals surface area (Å²) in [4.78, 5) is 26.5. The first-order valence-corrected chi connectivity index (χ1v) is 11.2. The van der Waals surface area contributed by atoms with E-state index in [2.05, 4.69) is 0 Å². The van der Waals surface area contributed by atoms with E-state index >= 15 is 0 Å². The van der Waals surface area contributed by atoms with Crippen molar-refractivity contribution >= 4 is 21.9 Å². The van der Waals surface area contributed by atoms with E-state index in [0.29, 0.717) is 5.56 Å². The van der Waals surface area contributed by atoms with Gasteiger partial charge in [-0.3, -0.25) is 4.79 Å². The van der Waals surface area contributed by atoms with E-state index in [1.807, 2.05) is 32.9 Å². The zero-order chi connectivity index (χ0) is 21.9. The molecule has 2 aromatic rings. The van der Waals surface area contributed by atoms with Crippen molar-refractivity contribution in [3.63, 3.8) is 0 Å². The predicted molar refractivity (Wildman–Crippen MR) is 113 cm³/mol. The normalized spacial score (nSPS) is 15.1. The lowest BCUT2D eigenvalue weighted by atomic mass is 10.1. The Morgan fingerprint density at radius 3 is 2.13 bits per heavy atom. The Morgan fingerprint density at radius 1 is 0.900 bits per heavy atom. The van der Waals surface area contributed by atoms with E-state index in [4.69, 9.17) is 4.74 Å². The molecule has 0 spiro atoms. The first kappa shape index (κ1) is 22.0. The van der Waals surface area contributed by atoms with Crippen LogP contribution in [0.1, 0.15) is 27.0 Å². The van der Waals surface area contributed by atoms with Gasteiger partial charge in [0.05, 0.1) is 10.5 Å². The standard InChI is InChI=1S/C22H26N2O5S/c1-16-5-8-19(9-6-16)30(27,28)24-12-10-23(11-13-24)21(25)15-29-22(26)20-14-17(2)4-7-18(20)3/h4-9,14H,10-13,15H2,1-3H3. The number of benzene rings is 2. The maximum Gasteiger partial charge on any atom is 0.338 e. The first-order valence-electron chi connectivity index (χ1n) is 9.77. The second-order valence-electron chi connectivity index (χ2n) is 7.49. The predicted octanol–water partition coefficient (Wildman–Crippen LogP) is 2.30. The van der Waals surface area contributed by atoms with Crippen LogP contribution < -0.4 is 0 Å². The van der Waals surface area contributed by atoms with Crippen LogP contribution in [0.4, 0.5) is 0 Å². The minimum atomic E-state index is -3.59. The Balaban J connectivity index is 1.54. The van der Waals surface area contributed by atoms with E-state index in [9.17, 15) is 18.0 Å². The van der Waals surface area contributed by atoms with Gasteiger partial charge in [0, 0.05) is 26.2 Å². The SMILES string of the molecule is Cc1ccc(S(=O)(=O)N2CCN(C(=O)COC(=O)c3cc(C)ccc3C)CC2)cc1. The summed E-state index contributed by atoms with van der Waals surface area (Å²) in [6.07, 6.45) is 0. The number of rotatable bonds is 5. The molecule has 1 heterocycles. The minimum absolute atomic E-state index is 0.201. The van der Waals surface area contributed by atoms with Gasteiger partial charge in [-0.25, -0.2) is 13.2 Å². The maximum atomic E-state index is 12.8. The fourth-order valence-electron chi connectivity index (χ4n) is 3.29. The minimum Gasteiger partial charge on any atom is -0.452 e. The average molecular weight is 431 g/mol. The molecule has 1 saturated heterocycles. The van der Waals surface area contributed by atoms with Crippen LogP contribution in [0.5, 0.6) is 0 Å². The van der Waals surface area contributed by atoms with Crippen molar-refractivity contribution in [3.05, 3.63) is 64.7 Å². The summed E-state index contributed by atoms with van der Waals surface area (Å²) < 4.78 is 32.1. The molecule has 0 bridgehead atoms. The topological polar surface area (TPSA) is 84.0 Å². The maximum absolute atomic E-state index is 12.8. The molecule has 1 fully saturated rings. The number of aryl methyl sites for hydroxylation is 3. The van der Waals surface area contributed by atoms with Crippen LogP contribution in [0.3, 0.4) is 0 Å². The largest absolute Gasteiger partial charge is 0.452 e. The van der Waals surface area contributed by atoms with Crippen molar-refractivity contribution in [2.45, 2.75) is 25.7 Å². The Morgan fingerprint density at radius 2 is 1.50 bits per heavy atom. The smallest absolute Gasteiger partial charge is 0.338 e. The lowest BCUT2D eigenvalue weighted by Crippen LogP contribution is -2.51. The summed E-state index contributed by atoms with van der Waals surface area (Å²) in [6.45, 7) is 6.14. The van der Waals surface area contributed by atoms with E-state index in [0.717, 1.165) is 16.7 Å². The summed E-state index contributed by atoms with van der Waals surface area (Å²) in [5.74, 6) is -0.869. The van der Waals surface area contributed by atoms with Crippen molar-refractivity contribution in [1.29, 1.82) is 0 Å². The first-order chi connectivity index (χ1) is 14.2. The summed E-state index contributed by atoms with van der Waals surface area (Å²) in [5, 5.41) is 0. The third kappa shape index (κ3) is 4.88. The van der Waals surface area contributed by atoms with E-state index in [1.54, 1.807) is 30.3 Å². The van der Waals surface area contributed by atoms with Crippen LogP contribution in [0.25, 0.3) is 0 Å². The third-order valence-corrected chi connectivity index (χ3v) is 7.10. The van der Waals surface area contributed by atoms with Crippen LogP contribution in [0, 0.1) is 20.8 Å². The van der Waals surface area contributed by atoms with Crippen LogP contribution in [0.15, 0.2) is 47.4 Å².